The molecule has 0 spiro atoms. The number of hydrogen-bond acceptors (Lipinski definition) is 2. The first kappa shape index (κ1) is 14.6. The minimum absolute atomic E-state index is 0.0525. The zero-order valence-electron chi connectivity index (χ0n) is 11.5. The second-order valence-electron chi connectivity index (χ2n) is 4.84. The third-order valence-electron chi connectivity index (χ3n) is 3.24. The lowest BCUT2D eigenvalue weighted by Crippen LogP contribution is -2.15. The number of halogens is 1. The van der Waals surface area contributed by atoms with Gasteiger partial charge in [-0.05, 0) is 58.6 Å². The fraction of sp³-hybridized carbons (Fsp3) is 0.188. The SMILES string of the molecule is Cc1cc(Br)c(NC(=O)Cc2ccccc2C)cc1N. The molecule has 0 unspecified atom stereocenters. The zero-order valence-corrected chi connectivity index (χ0v) is 13.1. The molecule has 3 nitrogen and oxygen atoms in total. The molecule has 0 saturated carbocycles. The van der Waals surface area contributed by atoms with E-state index in [2.05, 4.69) is 21.2 Å². The minimum atomic E-state index is -0.0525. The molecule has 0 radical (unpaired) electrons. The highest BCUT2D eigenvalue weighted by Gasteiger charge is 2.09. The smallest absolute Gasteiger partial charge is 0.228 e. The lowest BCUT2D eigenvalue weighted by Gasteiger charge is -2.11. The molecule has 2 aromatic carbocycles. The molecule has 0 saturated heterocycles. The van der Waals surface area contributed by atoms with Crippen LogP contribution in [0.5, 0.6) is 0 Å². The number of hydrogen-bond donors (Lipinski definition) is 2. The van der Waals surface area contributed by atoms with Gasteiger partial charge in [-0.1, -0.05) is 24.3 Å². The molecule has 1 amide bonds. The first-order valence-electron chi connectivity index (χ1n) is 6.37. The monoisotopic (exact) mass is 332 g/mol. The first-order valence-corrected chi connectivity index (χ1v) is 7.16. The van der Waals surface area contributed by atoms with Crippen LogP contribution in [-0.2, 0) is 11.2 Å². The van der Waals surface area contributed by atoms with Gasteiger partial charge < -0.3 is 11.1 Å². The van der Waals surface area contributed by atoms with Crippen LogP contribution in [0.1, 0.15) is 16.7 Å². The third-order valence-corrected chi connectivity index (χ3v) is 3.90. The van der Waals surface area contributed by atoms with Crippen molar-refractivity contribution < 1.29 is 4.79 Å². The number of amides is 1. The maximum Gasteiger partial charge on any atom is 0.228 e. The van der Waals surface area contributed by atoms with Gasteiger partial charge in [0.25, 0.3) is 0 Å². The first-order chi connectivity index (χ1) is 9.47. The highest BCUT2D eigenvalue weighted by atomic mass is 79.9. The Bertz CT molecular complexity index is 653. The second kappa shape index (κ2) is 6.09. The van der Waals surface area contributed by atoms with Crippen molar-refractivity contribution in [3.63, 3.8) is 0 Å². The summed E-state index contributed by atoms with van der Waals surface area (Å²) in [7, 11) is 0. The van der Waals surface area contributed by atoms with Crippen LogP contribution in [-0.4, -0.2) is 5.91 Å². The summed E-state index contributed by atoms with van der Waals surface area (Å²) in [6, 6.07) is 11.5. The van der Waals surface area contributed by atoms with Crippen LogP contribution in [0.4, 0.5) is 11.4 Å². The number of nitrogens with one attached hydrogen (secondary N) is 1. The van der Waals surface area contributed by atoms with Gasteiger partial charge in [0.15, 0.2) is 0 Å². The van der Waals surface area contributed by atoms with Gasteiger partial charge in [-0.25, -0.2) is 0 Å². The Morgan fingerprint density at radius 2 is 1.90 bits per heavy atom. The number of nitrogens with two attached hydrogens (primary N) is 1. The maximum absolute atomic E-state index is 12.1. The molecule has 104 valence electrons. The van der Waals surface area contributed by atoms with Crippen molar-refractivity contribution in [2.24, 2.45) is 0 Å². The molecule has 0 aliphatic rings. The predicted octanol–water partition coefficient (Wildman–Crippen LogP) is 3.83. The molecule has 0 atom stereocenters. The van der Waals surface area contributed by atoms with Crippen molar-refractivity contribution in [2.75, 3.05) is 11.1 Å². The summed E-state index contributed by atoms with van der Waals surface area (Å²) in [6.45, 7) is 3.93. The van der Waals surface area contributed by atoms with Crippen LogP contribution in [0.15, 0.2) is 40.9 Å². The van der Waals surface area contributed by atoms with Crippen molar-refractivity contribution in [3.05, 3.63) is 57.6 Å². The largest absolute Gasteiger partial charge is 0.398 e. The lowest BCUT2D eigenvalue weighted by atomic mass is 10.1. The topological polar surface area (TPSA) is 55.1 Å². The van der Waals surface area contributed by atoms with E-state index in [9.17, 15) is 4.79 Å². The summed E-state index contributed by atoms with van der Waals surface area (Å²) in [5, 5.41) is 2.89. The molecule has 2 aromatic rings. The summed E-state index contributed by atoms with van der Waals surface area (Å²) in [6.07, 6.45) is 0.354. The molecule has 0 aliphatic carbocycles. The van der Waals surface area contributed by atoms with Crippen molar-refractivity contribution in [3.8, 4) is 0 Å². The normalized spacial score (nSPS) is 10.3. The number of nitrogen functional groups attached to an aromatic ring is 1. The molecule has 0 heterocycles. The van der Waals surface area contributed by atoms with E-state index in [-0.39, 0.29) is 5.91 Å². The fourth-order valence-electron chi connectivity index (χ4n) is 1.96. The maximum atomic E-state index is 12.1. The summed E-state index contributed by atoms with van der Waals surface area (Å²) < 4.78 is 0.835. The third kappa shape index (κ3) is 3.39. The van der Waals surface area contributed by atoms with E-state index in [1.165, 1.54) is 0 Å². The molecule has 20 heavy (non-hydrogen) atoms. The van der Waals surface area contributed by atoms with E-state index in [4.69, 9.17) is 5.73 Å². The molecular formula is C16H17BrN2O. The quantitative estimate of drug-likeness (QED) is 0.839. The molecular weight excluding hydrogens is 316 g/mol. The number of anilines is 2. The number of benzene rings is 2. The lowest BCUT2D eigenvalue weighted by molar-refractivity contribution is -0.115. The highest BCUT2D eigenvalue weighted by Crippen LogP contribution is 2.27. The summed E-state index contributed by atoms with van der Waals surface area (Å²) in [4.78, 5) is 12.1. The molecule has 0 aromatic heterocycles. The predicted molar refractivity (Wildman–Crippen MR) is 86.8 cm³/mol. The number of aryl methyl sites for hydroxylation is 2. The van der Waals surface area contributed by atoms with E-state index in [0.29, 0.717) is 17.8 Å². The van der Waals surface area contributed by atoms with Gasteiger partial charge in [-0.15, -0.1) is 0 Å². The Labute approximate surface area is 127 Å². The van der Waals surface area contributed by atoms with Crippen molar-refractivity contribution in [2.45, 2.75) is 20.3 Å². The standard InChI is InChI=1S/C16H17BrN2O/c1-10-5-3-4-6-12(10)8-16(20)19-15-9-14(18)11(2)7-13(15)17/h3-7,9H,8,18H2,1-2H3,(H,19,20). The van der Waals surface area contributed by atoms with Gasteiger partial charge in [-0.3, -0.25) is 4.79 Å². The Morgan fingerprint density at radius 3 is 2.60 bits per heavy atom. The number of carbonyl (C=O) groups excluding carboxylic acids is 1. The molecule has 2 rings (SSSR count). The number of carbonyl (C=O) groups is 1. The molecule has 0 bridgehead atoms. The van der Waals surface area contributed by atoms with Gasteiger partial charge in [0.1, 0.15) is 0 Å². The minimum Gasteiger partial charge on any atom is -0.398 e. The fourth-order valence-corrected chi connectivity index (χ4v) is 2.52. The van der Waals surface area contributed by atoms with Gasteiger partial charge in [-0.2, -0.15) is 0 Å². The molecule has 3 N–H and O–H groups in total. The number of rotatable bonds is 3. The summed E-state index contributed by atoms with van der Waals surface area (Å²) in [5.41, 5.74) is 10.4. The van der Waals surface area contributed by atoms with E-state index in [1.807, 2.05) is 44.2 Å². The molecule has 4 heteroatoms. The average molecular weight is 333 g/mol. The Hall–Kier alpha value is -1.81. The van der Waals surface area contributed by atoms with Crippen LogP contribution in [0.2, 0.25) is 0 Å². The highest BCUT2D eigenvalue weighted by molar-refractivity contribution is 9.10. The van der Waals surface area contributed by atoms with Gasteiger partial charge in [0, 0.05) is 10.2 Å². The molecule has 0 aliphatic heterocycles. The van der Waals surface area contributed by atoms with Crippen LogP contribution in [0.25, 0.3) is 0 Å². The van der Waals surface area contributed by atoms with Gasteiger partial charge >= 0.3 is 0 Å². The van der Waals surface area contributed by atoms with E-state index < -0.39 is 0 Å². The Morgan fingerprint density at radius 1 is 1.20 bits per heavy atom. The van der Waals surface area contributed by atoms with Crippen molar-refractivity contribution in [1.29, 1.82) is 0 Å². The zero-order chi connectivity index (χ0) is 14.7. The van der Waals surface area contributed by atoms with Gasteiger partial charge in [0.05, 0.1) is 12.1 Å². The second-order valence-corrected chi connectivity index (χ2v) is 5.69. The van der Waals surface area contributed by atoms with Crippen LogP contribution in [0, 0.1) is 13.8 Å². The van der Waals surface area contributed by atoms with Crippen LogP contribution >= 0.6 is 15.9 Å². The Balaban J connectivity index is 2.13. The van der Waals surface area contributed by atoms with E-state index in [1.54, 1.807) is 6.07 Å². The van der Waals surface area contributed by atoms with Crippen molar-refractivity contribution in [1.82, 2.24) is 0 Å². The Kier molecular flexibility index (Phi) is 4.45. The van der Waals surface area contributed by atoms with E-state index >= 15 is 0 Å². The van der Waals surface area contributed by atoms with Crippen LogP contribution < -0.4 is 11.1 Å². The van der Waals surface area contributed by atoms with Crippen molar-refractivity contribution >= 4 is 33.2 Å². The molecule has 0 fully saturated rings. The van der Waals surface area contributed by atoms with Crippen LogP contribution in [0.3, 0.4) is 0 Å². The van der Waals surface area contributed by atoms with E-state index in [0.717, 1.165) is 21.2 Å². The summed E-state index contributed by atoms with van der Waals surface area (Å²) in [5.74, 6) is -0.0525. The average Bonchev–Trinajstić information content (AvgIpc) is 2.39. The van der Waals surface area contributed by atoms with Gasteiger partial charge in [0.2, 0.25) is 5.91 Å². The summed E-state index contributed by atoms with van der Waals surface area (Å²) >= 11 is 3.44.